The number of carbonyl (C=O) groups is 2. The topological polar surface area (TPSA) is 37.4 Å². The molecule has 0 saturated carbocycles. The highest BCUT2D eigenvalue weighted by molar-refractivity contribution is 6.08. The Kier molecular flexibility index (Phi) is 3.19. The average molecular weight is 209 g/mol. The summed E-state index contributed by atoms with van der Waals surface area (Å²) in [4.78, 5) is 25.7. The third-order valence-electron chi connectivity index (χ3n) is 3.58. The fraction of sp³-hybridized carbons (Fsp3) is 0.833. The minimum absolute atomic E-state index is 0.163. The van der Waals surface area contributed by atoms with Crippen LogP contribution in [-0.2, 0) is 9.59 Å². The van der Waals surface area contributed by atoms with Gasteiger partial charge in [-0.3, -0.25) is 14.5 Å². The van der Waals surface area contributed by atoms with Crippen molar-refractivity contribution in [3.63, 3.8) is 0 Å². The molecule has 15 heavy (non-hydrogen) atoms. The van der Waals surface area contributed by atoms with Crippen LogP contribution in [0.1, 0.15) is 45.4 Å². The zero-order valence-electron chi connectivity index (χ0n) is 9.37. The van der Waals surface area contributed by atoms with Crippen LogP contribution in [0.4, 0.5) is 0 Å². The maximum atomic E-state index is 11.8. The highest BCUT2D eigenvalue weighted by Gasteiger charge is 2.44. The molecule has 2 aliphatic heterocycles. The monoisotopic (exact) mass is 209 g/mol. The largest absolute Gasteiger partial charge is 0.297 e. The van der Waals surface area contributed by atoms with Crippen molar-refractivity contribution in [3.05, 3.63) is 0 Å². The van der Waals surface area contributed by atoms with Gasteiger partial charge in [0, 0.05) is 18.9 Å². The van der Waals surface area contributed by atoms with Crippen LogP contribution in [-0.4, -0.2) is 35.1 Å². The molecule has 2 unspecified atom stereocenters. The van der Waals surface area contributed by atoms with Crippen molar-refractivity contribution in [2.24, 2.45) is 0 Å². The molecular weight excluding hydrogens is 190 g/mol. The van der Waals surface area contributed by atoms with E-state index in [1.807, 2.05) is 0 Å². The van der Waals surface area contributed by atoms with Gasteiger partial charge < -0.3 is 0 Å². The molecule has 2 fully saturated rings. The quantitative estimate of drug-likeness (QED) is 0.662. The summed E-state index contributed by atoms with van der Waals surface area (Å²) in [6.07, 6.45) is 5.43. The lowest BCUT2D eigenvalue weighted by Crippen LogP contribution is -2.41. The highest BCUT2D eigenvalue weighted by atomic mass is 16.2. The highest BCUT2D eigenvalue weighted by Crippen LogP contribution is 2.30. The average Bonchev–Trinajstić information content (AvgIpc) is 2.41. The van der Waals surface area contributed by atoms with E-state index in [0.29, 0.717) is 18.9 Å². The van der Waals surface area contributed by atoms with Crippen LogP contribution in [0.25, 0.3) is 0 Å². The molecule has 0 spiro atoms. The van der Waals surface area contributed by atoms with Crippen LogP contribution in [0.5, 0.6) is 0 Å². The summed E-state index contributed by atoms with van der Waals surface area (Å²) in [5.74, 6) is 0.330. The predicted octanol–water partition coefficient (Wildman–Crippen LogP) is 1.55. The lowest BCUT2D eigenvalue weighted by atomic mass is 9.99. The number of carbonyl (C=O) groups excluding carboxylic acids is 2. The molecule has 0 aliphatic carbocycles. The van der Waals surface area contributed by atoms with E-state index in [2.05, 4.69) is 11.8 Å². The number of Topliss-reactive ketones (excluding diaryl/α,β-unsaturated/α-hetero) is 2. The second-order valence-corrected chi connectivity index (χ2v) is 4.68. The molecule has 0 radical (unpaired) electrons. The number of hydrogen-bond donors (Lipinski definition) is 0. The second kappa shape index (κ2) is 4.44. The number of hydrogen-bond acceptors (Lipinski definition) is 3. The summed E-state index contributed by atoms with van der Waals surface area (Å²) in [5, 5.41) is 0. The fourth-order valence-electron chi connectivity index (χ4n) is 2.79. The van der Waals surface area contributed by atoms with Crippen LogP contribution < -0.4 is 0 Å². The zero-order valence-corrected chi connectivity index (χ0v) is 9.37. The molecule has 2 rings (SSSR count). The van der Waals surface area contributed by atoms with Crippen molar-refractivity contribution in [2.75, 3.05) is 6.54 Å². The van der Waals surface area contributed by atoms with Gasteiger partial charge >= 0.3 is 0 Å². The Morgan fingerprint density at radius 3 is 2.87 bits per heavy atom. The fourth-order valence-corrected chi connectivity index (χ4v) is 2.79. The SMILES string of the molecule is CCCCN1C2CCCC(=O)C1C(=O)C2. The summed E-state index contributed by atoms with van der Waals surface area (Å²) in [7, 11) is 0. The third-order valence-corrected chi connectivity index (χ3v) is 3.58. The first-order valence-corrected chi connectivity index (χ1v) is 6.05. The Morgan fingerprint density at radius 1 is 1.33 bits per heavy atom. The Balaban J connectivity index is 2.13. The summed E-state index contributed by atoms with van der Waals surface area (Å²) >= 11 is 0. The molecule has 2 atom stereocenters. The first-order chi connectivity index (χ1) is 7.24. The lowest BCUT2D eigenvalue weighted by molar-refractivity contribution is -0.130. The van der Waals surface area contributed by atoms with E-state index in [1.54, 1.807) is 0 Å². The van der Waals surface area contributed by atoms with Crippen LogP contribution in [0.2, 0.25) is 0 Å². The van der Waals surface area contributed by atoms with Gasteiger partial charge in [0.1, 0.15) is 6.04 Å². The molecule has 0 aromatic carbocycles. The minimum Gasteiger partial charge on any atom is -0.297 e. The molecule has 2 saturated heterocycles. The Labute approximate surface area is 90.8 Å². The molecular formula is C12H19NO2. The number of rotatable bonds is 3. The predicted molar refractivity (Wildman–Crippen MR) is 57.7 cm³/mol. The van der Waals surface area contributed by atoms with Crippen molar-refractivity contribution in [2.45, 2.75) is 57.5 Å². The number of nitrogens with zero attached hydrogens (tertiary/aromatic N) is 1. The van der Waals surface area contributed by atoms with Crippen LogP contribution in [0.15, 0.2) is 0 Å². The summed E-state index contributed by atoms with van der Waals surface area (Å²) < 4.78 is 0. The molecule has 0 aromatic heterocycles. The van der Waals surface area contributed by atoms with E-state index >= 15 is 0 Å². The standard InChI is InChI=1S/C12H19NO2/c1-2-3-7-13-9-5-4-6-10(14)12(13)11(15)8-9/h9,12H,2-8H2,1H3. The van der Waals surface area contributed by atoms with Crippen molar-refractivity contribution < 1.29 is 9.59 Å². The molecule has 3 nitrogen and oxygen atoms in total. The maximum absolute atomic E-state index is 11.8. The van der Waals surface area contributed by atoms with Crippen molar-refractivity contribution in [1.82, 2.24) is 4.90 Å². The van der Waals surface area contributed by atoms with Gasteiger partial charge in [-0.2, -0.15) is 0 Å². The van der Waals surface area contributed by atoms with Gasteiger partial charge in [0.25, 0.3) is 0 Å². The normalized spacial score (nSPS) is 32.1. The van der Waals surface area contributed by atoms with Gasteiger partial charge in [-0.1, -0.05) is 13.3 Å². The van der Waals surface area contributed by atoms with Gasteiger partial charge in [-0.25, -0.2) is 0 Å². The molecule has 84 valence electrons. The molecule has 0 aromatic rings. The van der Waals surface area contributed by atoms with Gasteiger partial charge in [0.15, 0.2) is 11.6 Å². The number of fused-ring (bicyclic) bond motifs is 2. The molecule has 3 heteroatoms. The minimum atomic E-state index is -0.371. The number of unbranched alkanes of at least 4 members (excludes halogenated alkanes) is 1. The van der Waals surface area contributed by atoms with E-state index in [9.17, 15) is 9.59 Å². The van der Waals surface area contributed by atoms with Crippen LogP contribution in [0, 0.1) is 0 Å². The summed E-state index contributed by atoms with van der Waals surface area (Å²) in [5.41, 5.74) is 0. The molecule has 2 aliphatic rings. The van der Waals surface area contributed by atoms with E-state index in [1.165, 1.54) is 0 Å². The molecule has 0 N–H and O–H groups in total. The molecule has 2 heterocycles. The first-order valence-electron chi connectivity index (χ1n) is 6.05. The first kappa shape index (κ1) is 10.8. The smallest absolute Gasteiger partial charge is 0.159 e. The van der Waals surface area contributed by atoms with Crippen LogP contribution in [0.3, 0.4) is 0 Å². The summed E-state index contributed by atoms with van der Waals surface area (Å²) in [6.45, 7) is 3.06. The van der Waals surface area contributed by atoms with Gasteiger partial charge in [0.05, 0.1) is 0 Å². The zero-order chi connectivity index (χ0) is 10.8. The maximum Gasteiger partial charge on any atom is 0.159 e. The number of ketones is 2. The van der Waals surface area contributed by atoms with Crippen molar-refractivity contribution in [3.8, 4) is 0 Å². The third kappa shape index (κ3) is 1.98. The van der Waals surface area contributed by atoms with Gasteiger partial charge in [0.2, 0.25) is 0 Å². The van der Waals surface area contributed by atoms with Gasteiger partial charge in [-0.15, -0.1) is 0 Å². The van der Waals surface area contributed by atoms with E-state index in [0.717, 1.165) is 32.2 Å². The van der Waals surface area contributed by atoms with E-state index < -0.39 is 0 Å². The summed E-state index contributed by atoms with van der Waals surface area (Å²) in [6, 6.07) is -0.00968. The van der Waals surface area contributed by atoms with Crippen molar-refractivity contribution in [1.29, 1.82) is 0 Å². The Hall–Kier alpha value is -0.700. The van der Waals surface area contributed by atoms with E-state index in [4.69, 9.17) is 0 Å². The van der Waals surface area contributed by atoms with Gasteiger partial charge in [-0.05, 0) is 25.8 Å². The molecule has 2 bridgehead atoms. The Morgan fingerprint density at radius 2 is 2.13 bits per heavy atom. The Bertz CT molecular complexity index is 275. The molecule has 0 amide bonds. The second-order valence-electron chi connectivity index (χ2n) is 4.68. The van der Waals surface area contributed by atoms with E-state index in [-0.39, 0.29) is 17.6 Å². The van der Waals surface area contributed by atoms with Crippen LogP contribution >= 0.6 is 0 Å². The lowest BCUT2D eigenvalue weighted by Gasteiger charge is -2.25. The van der Waals surface area contributed by atoms with Crippen molar-refractivity contribution >= 4 is 11.6 Å².